The van der Waals surface area contributed by atoms with Gasteiger partial charge in [0.25, 0.3) is 0 Å². The van der Waals surface area contributed by atoms with Crippen LogP contribution in [0.15, 0.2) is 0 Å². The molecule has 1 unspecified atom stereocenters. The Bertz CT molecular complexity index is 157. The largest absolute Gasteiger partial charge is 0.393 e. The number of nitrogens with zero attached hydrogens (tertiary/aromatic N) is 1. The summed E-state index contributed by atoms with van der Waals surface area (Å²) in [6.07, 6.45) is 5.15. The van der Waals surface area contributed by atoms with E-state index in [0.29, 0.717) is 0 Å². The Hall–Kier alpha value is -0.570. The summed E-state index contributed by atoms with van der Waals surface area (Å²) in [5.74, 6) is 0.00740. The van der Waals surface area contributed by atoms with Crippen molar-refractivity contribution in [3.8, 4) is 0 Å². The maximum absolute atomic E-state index is 11.2. The lowest BCUT2D eigenvalue weighted by molar-refractivity contribution is -0.130. The van der Waals surface area contributed by atoms with Crippen molar-refractivity contribution in [2.75, 3.05) is 14.1 Å². The maximum atomic E-state index is 11.2. The first-order chi connectivity index (χ1) is 6.57. The predicted octanol–water partition coefficient (Wildman–Crippen LogP) is 1.80. The summed E-state index contributed by atoms with van der Waals surface area (Å²) in [4.78, 5) is 12.7. The number of amides is 1. The second-order valence-electron chi connectivity index (χ2n) is 4.00. The van der Waals surface area contributed by atoms with Crippen molar-refractivity contribution in [2.45, 2.75) is 51.6 Å². The predicted molar refractivity (Wildman–Crippen MR) is 58.1 cm³/mol. The van der Waals surface area contributed by atoms with Crippen LogP contribution in [0.4, 0.5) is 0 Å². The van der Waals surface area contributed by atoms with E-state index in [4.69, 9.17) is 0 Å². The molecule has 0 heterocycles. The standard InChI is InChI=1S/C11H23NO2/c1-4-5-6-7-8-10(13)9-11(14)12(2)3/h10,13H,4-9H2,1-3H3. The molecule has 1 N–H and O–H groups in total. The molecule has 84 valence electrons. The molecule has 0 aromatic heterocycles. The minimum atomic E-state index is -0.457. The molecule has 0 saturated heterocycles. The van der Waals surface area contributed by atoms with Gasteiger partial charge >= 0.3 is 0 Å². The molecule has 0 aliphatic rings. The minimum Gasteiger partial charge on any atom is -0.393 e. The highest BCUT2D eigenvalue weighted by atomic mass is 16.3. The van der Waals surface area contributed by atoms with Gasteiger partial charge in [-0.05, 0) is 6.42 Å². The van der Waals surface area contributed by atoms with Gasteiger partial charge in [0.05, 0.1) is 12.5 Å². The number of unbranched alkanes of at least 4 members (excludes halogenated alkanes) is 3. The molecule has 1 amide bonds. The van der Waals surface area contributed by atoms with Crippen LogP contribution in [0.5, 0.6) is 0 Å². The lowest BCUT2D eigenvalue weighted by atomic mass is 10.1. The van der Waals surface area contributed by atoms with E-state index in [0.717, 1.165) is 19.3 Å². The van der Waals surface area contributed by atoms with Crippen LogP contribution >= 0.6 is 0 Å². The number of carbonyl (C=O) groups is 1. The van der Waals surface area contributed by atoms with Gasteiger partial charge in [0.1, 0.15) is 0 Å². The molecule has 0 aliphatic heterocycles. The number of aliphatic hydroxyl groups excluding tert-OH is 1. The Labute approximate surface area is 87.1 Å². The molecule has 3 heteroatoms. The Kier molecular flexibility index (Phi) is 7.48. The van der Waals surface area contributed by atoms with Crippen LogP contribution < -0.4 is 0 Å². The van der Waals surface area contributed by atoms with Crippen molar-refractivity contribution in [3.63, 3.8) is 0 Å². The second-order valence-corrected chi connectivity index (χ2v) is 4.00. The highest BCUT2D eigenvalue weighted by molar-refractivity contribution is 5.75. The van der Waals surface area contributed by atoms with Gasteiger partial charge in [-0.3, -0.25) is 4.79 Å². The zero-order valence-corrected chi connectivity index (χ0v) is 9.62. The third-order valence-electron chi connectivity index (χ3n) is 2.30. The van der Waals surface area contributed by atoms with Gasteiger partial charge in [-0.25, -0.2) is 0 Å². The van der Waals surface area contributed by atoms with E-state index in [1.807, 2.05) is 0 Å². The summed E-state index contributed by atoms with van der Waals surface area (Å²) in [6.45, 7) is 2.16. The summed E-state index contributed by atoms with van der Waals surface area (Å²) in [5.41, 5.74) is 0. The van der Waals surface area contributed by atoms with Crippen LogP contribution in [-0.4, -0.2) is 36.1 Å². The first-order valence-corrected chi connectivity index (χ1v) is 5.46. The summed E-state index contributed by atoms with van der Waals surface area (Å²) in [7, 11) is 3.43. The first kappa shape index (κ1) is 13.4. The second kappa shape index (κ2) is 7.80. The van der Waals surface area contributed by atoms with Crippen molar-refractivity contribution in [1.29, 1.82) is 0 Å². The molecule has 0 aromatic carbocycles. The Morgan fingerprint density at radius 3 is 2.43 bits per heavy atom. The van der Waals surface area contributed by atoms with E-state index in [1.54, 1.807) is 14.1 Å². The fourth-order valence-electron chi connectivity index (χ4n) is 1.29. The highest BCUT2D eigenvalue weighted by Gasteiger charge is 2.11. The SMILES string of the molecule is CCCCCCC(O)CC(=O)N(C)C. The van der Waals surface area contributed by atoms with Gasteiger partial charge in [0.2, 0.25) is 5.91 Å². The topological polar surface area (TPSA) is 40.5 Å². The van der Waals surface area contributed by atoms with Crippen molar-refractivity contribution in [1.82, 2.24) is 4.90 Å². The molecule has 0 fully saturated rings. The molecular formula is C11H23NO2. The monoisotopic (exact) mass is 201 g/mol. The smallest absolute Gasteiger partial charge is 0.224 e. The van der Waals surface area contributed by atoms with Crippen LogP contribution in [0.1, 0.15) is 45.4 Å². The summed E-state index contributed by atoms with van der Waals surface area (Å²) in [6, 6.07) is 0. The van der Waals surface area contributed by atoms with Crippen LogP contribution in [0, 0.1) is 0 Å². The zero-order valence-electron chi connectivity index (χ0n) is 9.62. The molecule has 0 saturated carbocycles. The van der Waals surface area contributed by atoms with E-state index in [9.17, 15) is 9.90 Å². The van der Waals surface area contributed by atoms with E-state index in [2.05, 4.69) is 6.92 Å². The molecule has 0 rings (SSSR count). The zero-order chi connectivity index (χ0) is 11.0. The van der Waals surface area contributed by atoms with Gasteiger partial charge in [-0.2, -0.15) is 0 Å². The first-order valence-electron chi connectivity index (χ1n) is 5.46. The van der Waals surface area contributed by atoms with E-state index in [1.165, 1.54) is 17.7 Å². The third kappa shape index (κ3) is 6.89. The summed E-state index contributed by atoms with van der Waals surface area (Å²) in [5, 5.41) is 9.52. The fourth-order valence-corrected chi connectivity index (χ4v) is 1.29. The Morgan fingerprint density at radius 1 is 1.29 bits per heavy atom. The van der Waals surface area contributed by atoms with Gasteiger partial charge in [-0.1, -0.05) is 32.6 Å². The average molecular weight is 201 g/mol. The average Bonchev–Trinajstić information content (AvgIpc) is 2.12. The molecule has 3 nitrogen and oxygen atoms in total. The van der Waals surface area contributed by atoms with Crippen molar-refractivity contribution in [2.24, 2.45) is 0 Å². The number of aliphatic hydroxyl groups is 1. The third-order valence-corrected chi connectivity index (χ3v) is 2.30. The number of hydrogen-bond acceptors (Lipinski definition) is 2. The summed E-state index contributed by atoms with van der Waals surface area (Å²) < 4.78 is 0. The number of hydrogen-bond donors (Lipinski definition) is 1. The van der Waals surface area contributed by atoms with Crippen LogP contribution in [-0.2, 0) is 4.79 Å². The fraction of sp³-hybridized carbons (Fsp3) is 0.909. The molecular weight excluding hydrogens is 178 g/mol. The van der Waals surface area contributed by atoms with Crippen molar-refractivity contribution in [3.05, 3.63) is 0 Å². The molecule has 1 atom stereocenters. The van der Waals surface area contributed by atoms with E-state index < -0.39 is 6.10 Å². The maximum Gasteiger partial charge on any atom is 0.224 e. The molecule has 0 spiro atoms. The Balaban J connectivity index is 3.45. The molecule has 14 heavy (non-hydrogen) atoms. The van der Waals surface area contributed by atoms with Gasteiger partial charge in [0.15, 0.2) is 0 Å². The lowest BCUT2D eigenvalue weighted by Crippen LogP contribution is -2.26. The van der Waals surface area contributed by atoms with Gasteiger partial charge in [0, 0.05) is 14.1 Å². The van der Waals surface area contributed by atoms with E-state index >= 15 is 0 Å². The van der Waals surface area contributed by atoms with E-state index in [-0.39, 0.29) is 12.3 Å². The van der Waals surface area contributed by atoms with Crippen LogP contribution in [0.3, 0.4) is 0 Å². The molecule has 0 bridgehead atoms. The van der Waals surface area contributed by atoms with Crippen LogP contribution in [0.25, 0.3) is 0 Å². The summed E-state index contributed by atoms with van der Waals surface area (Å²) >= 11 is 0. The number of carbonyl (C=O) groups excluding carboxylic acids is 1. The highest BCUT2D eigenvalue weighted by Crippen LogP contribution is 2.08. The van der Waals surface area contributed by atoms with Crippen molar-refractivity contribution >= 4 is 5.91 Å². The van der Waals surface area contributed by atoms with Crippen molar-refractivity contribution < 1.29 is 9.90 Å². The Morgan fingerprint density at radius 2 is 1.93 bits per heavy atom. The molecule has 0 radical (unpaired) electrons. The molecule has 0 aliphatic carbocycles. The van der Waals surface area contributed by atoms with Gasteiger partial charge < -0.3 is 10.0 Å². The lowest BCUT2D eigenvalue weighted by Gasteiger charge is -2.14. The normalized spacial score (nSPS) is 12.6. The molecule has 0 aromatic rings. The number of rotatable bonds is 7. The minimum absolute atomic E-state index is 0.00740. The van der Waals surface area contributed by atoms with Crippen LogP contribution in [0.2, 0.25) is 0 Å². The van der Waals surface area contributed by atoms with Gasteiger partial charge in [-0.15, -0.1) is 0 Å². The quantitative estimate of drug-likeness (QED) is 0.638.